The molecule has 1 aromatic carbocycles. The summed E-state index contributed by atoms with van der Waals surface area (Å²) in [5.41, 5.74) is 1.76. The Labute approximate surface area is 172 Å². The van der Waals surface area contributed by atoms with E-state index in [4.69, 9.17) is 9.47 Å². The Bertz CT molecular complexity index is 899. The van der Waals surface area contributed by atoms with Gasteiger partial charge in [0.2, 0.25) is 0 Å². The van der Waals surface area contributed by atoms with Crippen LogP contribution in [0.15, 0.2) is 12.1 Å². The number of rotatable bonds is 4. The third-order valence-corrected chi connectivity index (χ3v) is 9.88. The molecule has 6 atom stereocenters. The van der Waals surface area contributed by atoms with Gasteiger partial charge in [-0.1, -0.05) is 6.07 Å². The van der Waals surface area contributed by atoms with E-state index < -0.39 is 5.60 Å². The predicted octanol–water partition coefficient (Wildman–Crippen LogP) is 2.26. The average molecular weight is 398 g/mol. The largest absolute Gasteiger partial charge is 0.493 e. The molecule has 29 heavy (non-hydrogen) atoms. The molecular weight excluding hydrogens is 366 g/mol. The number of ether oxygens (including phenoxy) is 2. The normalized spacial score (nSPS) is 46.4. The van der Waals surface area contributed by atoms with Gasteiger partial charge < -0.3 is 19.7 Å². The number of fused-ring (bicyclic) bond motifs is 2. The van der Waals surface area contributed by atoms with Gasteiger partial charge in [0, 0.05) is 41.5 Å². The van der Waals surface area contributed by atoms with Crippen molar-refractivity contribution in [3.63, 3.8) is 0 Å². The van der Waals surface area contributed by atoms with Crippen molar-refractivity contribution < 1.29 is 19.7 Å². The van der Waals surface area contributed by atoms with Crippen LogP contribution in [-0.4, -0.2) is 59.7 Å². The van der Waals surface area contributed by atoms with E-state index in [1.807, 2.05) is 0 Å². The SMILES string of the molecule is COc1ccc2c3c1OC1C4(O)CCC5(CC4CO)C(C2)N(CC2CC2)CCC315. The second-order valence-corrected chi connectivity index (χ2v) is 10.7. The highest BCUT2D eigenvalue weighted by molar-refractivity contribution is 5.63. The molecule has 5 fully saturated rings. The minimum Gasteiger partial charge on any atom is -0.493 e. The van der Waals surface area contributed by atoms with Crippen LogP contribution in [0.4, 0.5) is 0 Å². The fourth-order valence-electron chi connectivity index (χ4n) is 8.56. The molecule has 4 saturated carbocycles. The van der Waals surface area contributed by atoms with Crippen LogP contribution in [0.2, 0.25) is 0 Å². The van der Waals surface area contributed by atoms with Gasteiger partial charge in [0.15, 0.2) is 11.5 Å². The van der Waals surface area contributed by atoms with Crippen LogP contribution < -0.4 is 9.47 Å². The molecule has 2 spiro atoms. The van der Waals surface area contributed by atoms with Crippen molar-refractivity contribution in [1.29, 1.82) is 0 Å². The molecule has 2 aliphatic heterocycles. The number of aliphatic hydroxyl groups is 2. The second-order valence-electron chi connectivity index (χ2n) is 10.7. The third-order valence-electron chi connectivity index (χ3n) is 9.88. The minimum atomic E-state index is -0.946. The molecule has 0 aromatic heterocycles. The van der Waals surface area contributed by atoms with Gasteiger partial charge in [-0.3, -0.25) is 4.90 Å². The second kappa shape index (κ2) is 5.30. The first-order valence-electron chi connectivity index (χ1n) is 11.5. The molecule has 0 radical (unpaired) electrons. The molecule has 2 N–H and O–H groups in total. The molecule has 0 amide bonds. The molecule has 5 heteroatoms. The Morgan fingerprint density at radius 2 is 2.10 bits per heavy atom. The number of hydrogen-bond donors (Lipinski definition) is 2. The van der Waals surface area contributed by atoms with Crippen LogP contribution in [0.1, 0.15) is 49.7 Å². The lowest BCUT2D eigenvalue weighted by Gasteiger charge is -2.73. The first-order valence-corrected chi connectivity index (χ1v) is 11.5. The van der Waals surface area contributed by atoms with E-state index in [2.05, 4.69) is 17.0 Å². The van der Waals surface area contributed by atoms with Gasteiger partial charge in [-0.15, -0.1) is 0 Å². The molecule has 1 aromatic rings. The number of methoxy groups -OCH3 is 1. The zero-order valence-corrected chi connectivity index (χ0v) is 17.2. The summed E-state index contributed by atoms with van der Waals surface area (Å²) < 4.78 is 12.4. The maximum Gasteiger partial charge on any atom is 0.165 e. The average Bonchev–Trinajstić information content (AvgIpc) is 3.47. The zero-order chi connectivity index (χ0) is 19.6. The molecule has 156 valence electrons. The molecule has 6 unspecified atom stereocenters. The topological polar surface area (TPSA) is 62.2 Å². The summed E-state index contributed by atoms with van der Waals surface area (Å²) in [6, 6.07) is 4.80. The van der Waals surface area contributed by atoms with Gasteiger partial charge in [-0.25, -0.2) is 0 Å². The van der Waals surface area contributed by atoms with Crippen LogP contribution >= 0.6 is 0 Å². The Balaban J connectivity index is 1.48. The summed E-state index contributed by atoms with van der Waals surface area (Å²) in [6.45, 7) is 2.36. The molecule has 2 heterocycles. The van der Waals surface area contributed by atoms with Crippen LogP contribution in [0.25, 0.3) is 0 Å². The van der Waals surface area contributed by atoms with Crippen molar-refractivity contribution in [1.82, 2.24) is 4.90 Å². The van der Waals surface area contributed by atoms with Crippen molar-refractivity contribution >= 4 is 0 Å². The Morgan fingerprint density at radius 3 is 2.86 bits per heavy atom. The first-order chi connectivity index (χ1) is 14.1. The monoisotopic (exact) mass is 397 g/mol. The fourth-order valence-corrected chi connectivity index (χ4v) is 8.56. The number of piperidine rings is 1. The quantitative estimate of drug-likeness (QED) is 0.816. The van der Waals surface area contributed by atoms with Gasteiger partial charge in [0.25, 0.3) is 0 Å². The molecule has 8 rings (SSSR count). The number of likely N-dealkylation sites (tertiary alicyclic amines) is 1. The zero-order valence-electron chi connectivity index (χ0n) is 17.2. The highest BCUT2D eigenvalue weighted by Gasteiger charge is 2.80. The van der Waals surface area contributed by atoms with E-state index in [9.17, 15) is 10.2 Å². The van der Waals surface area contributed by atoms with Gasteiger partial charge in [-0.2, -0.15) is 0 Å². The maximum absolute atomic E-state index is 11.9. The summed E-state index contributed by atoms with van der Waals surface area (Å²) in [5.74, 6) is 2.46. The minimum absolute atomic E-state index is 0.0455. The standard InChI is InChI=1S/C24H31NO4/c1-28-17-5-4-15-10-18-22-6-7-24(27,16(11-22)13-26)21-23(22,19(15)20(17)29-21)8-9-25(18)12-14-2-3-14/h4-5,14,16,18,21,26-27H,2-3,6-13H2,1H3. The van der Waals surface area contributed by atoms with Gasteiger partial charge in [0.1, 0.15) is 11.7 Å². The number of nitrogens with zero attached hydrogens (tertiary/aromatic N) is 1. The molecule has 4 bridgehead atoms. The van der Waals surface area contributed by atoms with E-state index in [0.717, 1.165) is 56.1 Å². The van der Waals surface area contributed by atoms with Crippen LogP contribution in [0, 0.1) is 17.3 Å². The van der Waals surface area contributed by atoms with Gasteiger partial charge >= 0.3 is 0 Å². The Hall–Kier alpha value is -1.30. The van der Waals surface area contributed by atoms with Crippen molar-refractivity contribution in [3.8, 4) is 11.5 Å². The smallest absolute Gasteiger partial charge is 0.165 e. The first kappa shape index (κ1) is 17.4. The fraction of sp³-hybridized carbons (Fsp3) is 0.750. The summed E-state index contributed by atoms with van der Waals surface area (Å²) in [6.07, 6.45) is 7.31. The summed E-state index contributed by atoms with van der Waals surface area (Å²) >= 11 is 0. The summed E-state index contributed by atoms with van der Waals surface area (Å²) in [5, 5.41) is 22.2. The van der Waals surface area contributed by atoms with E-state index in [1.54, 1.807) is 7.11 Å². The maximum atomic E-state index is 11.9. The van der Waals surface area contributed by atoms with E-state index in [-0.39, 0.29) is 29.5 Å². The lowest BCUT2D eigenvalue weighted by molar-refractivity contribution is -0.272. The Kier molecular flexibility index (Phi) is 3.18. The van der Waals surface area contributed by atoms with Crippen molar-refractivity contribution in [2.45, 2.75) is 68.1 Å². The molecule has 7 aliphatic rings. The summed E-state index contributed by atoms with van der Waals surface area (Å²) in [4.78, 5) is 2.79. The van der Waals surface area contributed by atoms with Crippen LogP contribution in [0.5, 0.6) is 11.5 Å². The van der Waals surface area contributed by atoms with Crippen molar-refractivity contribution in [2.24, 2.45) is 17.3 Å². The molecule has 5 aliphatic carbocycles. The van der Waals surface area contributed by atoms with E-state index in [0.29, 0.717) is 6.04 Å². The highest BCUT2D eigenvalue weighted by Crippen LogP contribution is 2.76. The molecule has 1 saturated heterocycles. The van der Waals surface area contributed by atoms with Crippen molar-refractivity contribution in [3.05, 3.63) is 23.3 Å². The van der Waals surface area contributed by atoms with Crippen LogP contribution in [0.3, 0.4) is 0 Å². The van der Waals surface area contributed by atoms with E-state index >= 15 is 0 Å². The number of benzene rings is 1. The lowest BCUT2D eigenvalue weighted by Crippen LogP contribution is -2.81. The molecule has 5 nitrogen and oxygen atoms in total. The number of hydrogen-bond acceptors (Lipinski definition) is 5. The van der Waals surface area contributed by atoms with Gasteiger partial charge in [0.05, 0.1) is 7.11 Å². The lowest BCUT2D eigenvalue weighted by atomic mass is 9.35. The summed E-state index contributed by atoms with van der Waals surface area (Å²) in [7, 11) is 1.71. The highest BCUT2D eigenvalue weighted by atomic mass is 16.5. The Morgan fingerprint density at radius 1 is 1.24 bits per heavy atom. The van der Waals surface area contributed by atoms with Crippen LogP contribution in [-0.2, 0) is 11.8 Å². The van der Waals surface area contributed by atoms with E-state index in [1.165, 1.54) is 30.5 Å². The van der Waals surface area contributed by atoms with Crippen molar-refractivity contribution in [2.75, 3.05) is 26.8 Å². The third kappa shape index (κ3) is 1.78. The number of aliphatic hydroxyl groups excluding tert-OH is 1. The predicted molar refractivity (Wildman–Crippen MR) is 107 cm³/mol. The molecular formula is C24H31NO4. The van der Waals surface area contributed by atoms with Gasteiger partial charge in [-0.05, 0) is 69.0 Å².